The lowest BCUT2D eigenvalue weighted by atomic mass is 10.2. The number of hydrogen-bond acceptors (Lipinski definition) is 6. The van der Waals surface area contributed by atoms with Gasteiger partial charge in [0.1, 0.15) is 0 Å². The van der Waals surface area contributed by atoms with Crippen molar-refractivity contribution >= 4 is 34.0 Å². The van der Waals surface area contributed by atoms with Crippen LogP contribution in [0.3, 0.4) is 0 Å². The molecular formula is C16H20BrN3O5. The van der Waals surface area contributed by atoms with Crippen molar-refractivity contribution in [2.45, 2.75) is 18.9 Å². The summed E-state index contributed by atoms with van der Waals surface area (Å²) in [6.07, 6.45) is 3.23. The van der Waals surface area contributed by atoms with Crippen molar-refractivity contribution in [2.24, 2.45) is 5.10 Å². The fourth-order valence-corrected chi connectivity index (χ4v) is 2.70. The van der Waals surface area contributed by atoms with Crippen LogP contribution >= 0.6 is 15.9 Å². The maximum absolute atomic E-state index is 11.7. The van der Waals surface area contributed by atoms with E-state index in [-0.39, 0.29) is 6.10 Å². The Bertz CT molecular complexity index is 659. The monoisotopic (exact) mass is 413 g/mol. The van der Waals surface area contributed by atoms with E-state index in [1.54, 1.807) is 12.1 Å². The Morgan fingerprint density at radius 1 is 1.32 bits per heavy atom. The SMILES string of the molecule is COc1cc(Br)c(/C=N\NC(=O)C(=O)NC[C@@H]2CCCO2)cc1OC. The first-order chi connectivity index (χ1) is 12.0. The number of carbonyl (C=O) groups is 2. The second-order valence-corrected chi connectivity index (χ2v) is 6.13. The highest BCUT2D eigenvalue weighted by Crippen LogP contribution is 2.32. The van der Waals surface area contributed by atoms with Crippen LogP contribution in [0.4, 0.5) is 0 Å². The summed E-state index contributed by atoms with van der Waals surface area (Å²) in [7, 11) is 3.06. The number of amides is 2. The van der Waals surface area contributed by atoms with Crippen molar-refractivity contribution in [3.8, 4) is 11.5 Å². The predicted octanol–water partition coefficient (Wildman–Crippen LogP) is 1.21. The van der Waals surface area contributed by atoms with Crippen LogP contribution in [0.25, 0.3) is 0 Å². The third-order valence-electron chi connectivity index (χ3n) is 3.59. The van der Waals surface area contributed by atoms with Crippen molar-refractivity contribution in [1.82, 2.24) is 10.7 Å². The lowest BCUT2D eigenvalue weighted by Crippen LogP contribution is -2.41. The summed E-state index contributed by atoms with van der Waals surface area (Å²) >= 11 is 3.38. The van der Waals surface area contributed by atoms with Crippen molar-refractivity contribution in [1.29, 1.82) is 0 Å². The van der Waals surface area contributed by atoms with Gasteiger partial charge in [0.05, 0.1) is 26.5 Å². The molecule has 1 atom stereocenters. The van der Waals surface area contributed by atoms with Crippen LogP contribution in [-0.4, -0.2) is 51.5 Å². The van der Waals surface area contributed by atoms with E-state index in [0.717, 1.165) is 12.8 Å². The fourth-order valence-electron chi connectivity index (χ4n) is 2.27. The van der Waals surface area contributed by atoms with Crippen molar-refractivity contribution in [3.05, 3.63) is 22.2 Å². The third-order valence-corrected chi connectivity index (χ3v) is 4.28. The molecule has 25 heavy (non-hydrogen) atoms. The molecule has 1 aliphatic heterocycles. The van der Waals surface area contributed by atoms with E-state index in [1.165, 1.54) is 20.4 Å². The Labute approximate surface area is 154 Å². The standard InChI is InChI=1S/C16H20BrN3O5/c1-23-13-6-10(12(17)7-14(13)24-2)8-19-20-16(22)15(21)18-9-11-4-3-5-25-11/h6-8,11H,3-5,9H2,1-2H3,(H,18,21)(H,20,22)/b19-8-/t11-/m0/s1. The summed E-state index contributed by atoms with van der Waals surface area (Å²) in [5.74, 6) is -0.512. The molecule has 136 valence electrons. The molecule has 0 aromatic heterocycles. The zero-order valence-corrected chi connectivity index (χ0v) is 15.6. The maximum atomic E-state index is 11.7. The van der Waals surface area contributed by atoms with E-state index in [2.05, 4.69) is 31.8 Å². The Morgan fingerprint density at radius 3 is 2.68 bits per heavy atom. The van der Waals surface area contributed by atoms with Gasteiger partial charge < -0.3 is 19.5 Å². The molecule has 2 rings (SSSR count). The van der Waals surface area contributed by atoms with Crippen molar-refractivity contribution in [2.75, 3.05) is 27.4 Å². The van der Waals surface area contributed by atoms with Crippen LogP contribution in [0.1, 0.15) is 18.4 Å². The number of hydrazone groups is 1. The van der Waals surface area contributed by atoms with Gasteiger partial charge in [-0.2, -0.15) is 5.10 Å². The van der Waals surface area contributed by atoms with Crippen LogP contribution in [-0.2, 0) is 14.3 Å². The minimum atomic E-state index is -0.842. The zero-order valence-electron chi connectivity index (χ0n) is 14.0. The number of halogens is 1. The quantitative estimate of drug-likeness (QED) is 0.414. The summed E-state index contributed by atoms with van der Waals surface area (Å²) in [6, 6.07) is 3.41. The smallest absolute Gasteiger partial charge is 0.329 e. The van der Waals surface area contributed by atoms with Gasteiger partial charge in [-0.05, 0) is 40.9 Å². The highest BCUT2D eigenvalue weighted by molar-refractivity contribution is 9.10. The molecule has 1 fully saturated rings. The van der Waals surface area contributed by atoms with Gasteiger partial charge in [0.2, 0.25) is 0 Å². The summed E-state index contributed by atoms with van der Waals surface area (Å²) in [5.41, 5.74) is 2.84. The first kappa shape index (κ1) is 19.2. The lowest BCUT2D eigenvalue weighted by molar-refractivity contribution is -0.139. The number of nitrogens with zero attached hydrogens (tertiary/aromatic N) is 1. The van der Waals surface area contributed by atoms with E-state index >= 15 is 0 Å². The number of carbonyl (C=O) groups excluding carboxylic acids is 2. The molecule has 9 heteroatoms. The summed E-state index contributed by atoms with van der Waals surface area (Å²) in [5, 5.41) is 6.31. The van der Waals surface area contributed by atoms with Crippen molar-refractivity contribution in [3.63, 3.8) is 0 Å². The van der Waals surface area contributed by atoms with E-state index in [0.29, 0.717) is 34.7 Å². The van der Waals surface area contributed by atoms with E-state index in [9.17, 15) is 9.59 Å². The lowest BCUT2D eigenvalue weighted by Gasteiger charge is -2.10. The van der Waals surface area contributed by atoms with Crippen LogP contribution in [0.5, 0.6) is 11.5 Å². The third kappa shape index (κ3) is 5.43. The number of hydrogen-bond donors (Lipinski definition) is 2. The number of rotatable bonds is 6. The molecule has 0 unspecified atom stereocenters. The van der Waals surface area contributed by atoms with Crippen LogP contribution in [0.15, 0.2) is 21.7 Å². The highest BCUT2D eigenvalue weighted by Gasteiger charge is 2.19. The zero-order chi connectivity index (χ0) is 18.2. The van der Waals surface area contributed by atoms with Gasteiger partial charge in [0.15, 0.2) is 11.5 Å². The van der Waals surface area contributed by atoms with E-state index in [4.69, 9.17) is 14.2 Å². The molecule has 1 saturated heterocycles. The van der Waals surface area contributed by atoms with Crippen LogP contribution in [0, 0.1) is 0 Å². The van der Waals surface area contributed by atoms with Crippen LogP contribution < -0.4 is 20.2 Å². The summed E-state index contributed by atoms with van der Waals surface area (Å²) in [6.45, 7) is 1.01. The Kier molecular flexibility index (Phi) is 7.20. The van der Waals surface area contributed by atoms with E-state index in [1.807, 2.05) is 0 Å². The minimum absolute atomic E-state index is 0.0250. The molecule has 1 aromatic carbocycles. The Morgan fingerprint density at radius 2 is 2.04 bits per heavy atom. The predicted molar refractivity (Wildman–Crippen MR) is 95.0 cm³/mol. The molecule has 0 radical (unpaired) electrons. The molecule has 0 spiro atoms. The number of methoxy groups -OCH3 is 2. The molecule has 2 N–H and O–H groups in total. The average Bonchev–Trinajstić information content (AvgIpc) is 3.13. The van der Waals surface area contributed by atoms with Gasteiger partial charge in [-0.3, -0.25) is 9.59 Å². The van der Waals surface area contributed by atoms with Gasteiger partial charge in [-0.1, -0.05) is 0 Å². The Hall–Kier alpha value is -2.13. The molecule has 1 aliphatic rings. The molecular weight excluding hydrogens is 394 g/mol. The first-order valence-electron chi connectivity index (χ1n) is 7.69. The van der Waals surface area contributed by atoms with Gasteiger partial charge in [0, 0.05) is 23.2 Å². The largest absolute Gasteiger partial charge is 0.493 e. The summed E-state index contributed by atoms with van der Waals surface area (Å²) in [4.78, 5) is 23.4. The molecule has 0 aliphatic carbocycles. The molecule has 0 bridgehead atoms. The number of ether oxygens (including phenoxy) is 3. The van der Waals surface area contributed by atoms with Gasteiger partial charge in [-0.15, -0.1) is 0 Å². The molecule has 2 amide bonds. The minimum Gasteiger partial charge on any atom is -0.493 e. The van der Waals surface area contributed by atoms with Gasteiger partial charge in [-0.25, -0.2) is 5.43 Å². The maximum Gasteiger partial charge on any atom is 0.329 e. The van der Waals surface area contributed by atoms with Gasteiger partial charge >= 0.3 is 11.8 Å². The number of benzene rings is 1. The normalized spacial score (nSPS) is 16.7. The number of nitrogens with one attached hydrogen (secondary N) is 2. The van der Waals surface area contributed by atoms with Gasteiger partial charge in [0.25, 0.3) is 0 Å². The van der Waals surface area contributed by atoms with E-state index < -0.39 is 11.8 Å². The first-order valence-corrected chi connectivity index (χ1v) is 8.48. The molecule has 1 heterocycles. The molecule has 0 saturated carbocycles. The van der Waals surface area contributed by atoms with Crippen LogP contribution in [0.2, 0.25) is 0 Å². The highest BCUT2D eigenvalue weighted by atomic mass is 79.9. The average molecular weight is 414 g/mol. The molecule has 1 aromatic rings. The van der Waals surface area contributed by atoms with Crippen molar-refractivity contribution < 1.29 is 23.8 Å². The fraction of sp³-hybridized carbons (Fsp3) is 0.438. The summed E-state index contributed by atoms with van der Waals surface area (Å²) < 4.78 is 16.5. The second kappa shape index (κ2) is 9.38. The Balaban J connectivity index is 1.88. The molecule has 8 nitrogen and oxygen atoms in total. The topological polar surface area (TPSA) is 98.2 Å². The second-order valence-electron chi connectivity index (χ2n) is 5.27.